The van der Waals surface area contributed by atoms with Crippen LogP contribution < -0.4 is 10.6 Å². The second-order valence-corrected chi connectivity index (χ2v) is 6.45. The lowest BCUT2D eigenvalue weighted by atomic mass is 10.2. The van der Waals surface area contributed by atoms with Gasteiger partial charge in [-0.15, -0.1) is 0 Å². The van der Waals surface area contributed by atoms with Crippen molar-refractivity contribution in [3.8, 4) is 5.69 Å². The Labute approximate surface area is 164 Å². The standard InChI is InChI=1S/C22H16F3N3O/c23-22(24,25)16-6-8-17(9-7-16)26-21(29)27-18-10-11-20-15(14-18)12-13-28(20)19-4-2-1-3-5-19/h1-14H,(H2,26,27,29). The number of carbonyl (C=O) groups is 1. The number of hydrogen-bond acceptors (Lipinski definition) is 1. The predicted molar refractivity (Wildman–Crippen MR) is 107 cm³/mol. The van der Waals surface area contributed by atoms with E-state index in [0.717, 1.165) is 28.7 Å². The largest absolute Gasteiger partial charge is 0.416 e. The monoisotopic (exact) mass is 395 g/mol. The maximum atomic E-state index is 12.6. The summed E-state index contributed by atoms with van der Waals surface area (Å²) >= 11 is 0. The maximum absolute atomic E-state index is 12.6. The first-order valence-electron chi connectivity index (χ1n) is 8.82. The second kappa shape index (κ2) is 7.35. The van der Waals surface area contributed by atoms with Crippen molar-refractivity contribution in [3.63, 3.8) is 0 Å². The Morgan fingerprint density at radius 2 is 1.45 bits per heavy atom. The minimum Gasteiger partial charge on any atom is -0.317 e. The van der Waals surface area contributed by atoms with E-state index in [0.29, 0.717) is 5.69 Å². The number of fused-ring (bicyclic) bond motifs is 1. The molecule has 3 aromatic carbocycles. The first-order chi connectivity index (χ1) is 13.9. The van der Waals surface area contributed by atoms with Crippen LogP contribution in [0, 0.1) is 0 Å². The average molecular weight is 395 g/mol. The number of alkyl halides is 3. The number of nitrogens with one attached hydrogen (secondary N) is 2. The van der Waals surface area contributed by atoms with Gasteiger partial charge < -0.3 is 15.2 Å². The molecule has 0 aliphatic heterocycles. The summed E-state index contributed by atoms with van der Waals surface area (Å²) in [6, 6.07) is 21.1. The summed E-state index contributed by atoms with van der Waals surface area (Å²) in [5.41, 5.74) is 2.10. The van der Waals surface area contributed by atoms with Gasteiger partial charge in [-0.1, -0.05) is 18.2 Å². The summed E-state index contributed by atoms with van der Waals surface area (Å²) in [4.78, 5) is 12.2. The number of rotatable bonds is 3. The lowest BCUT2D eigenvalue weighted by Gasteiger charge is -2.10. The highest BCUT2D eigenvalue weighted by atomic mass is 19.4. The van der Waals surface area contributed by atoms with Gasteiger partial charge in [0.25, 0.3) is 0 Å². The van der Waals surface area contributed by atoms with Gasteiger partial charge in [-0.25, -0.2) is 4.79 Å². The molecule has 1 aromatic heterocycles. The van der Waals surface area contributed by atoms with E-state index >= 15 is 0 Å². The van der Waals surface area contributed by atoms with Gasteiger partial charge in [-0.3, -0.25) is 0 Å². The number of carbonyl (C=O) groups excluding carboxylic acids is 1. The van der Waals surface area contributed by atoms with Crippen molar-refractivity contribution in [2.45, 2.75) is 6.18 Å². The molecule has 7 heteroatoms. The third kappa shape index (κ3) is 4.08. The van der Waals surface area contributed by atoms with Gasteiger partial charge in [0.05, 0.1) is 11.1 Å². The van der Waals surface area contributed by atoms with Crippen LogP contribution >= 0.6 is 0 Å². The predicted octanol–water partition coefficient (Wildman–Crippen LogP) is 6.29. The van der Waals surface area contributed by atoms with E-state index in [1.54, 1.807) is 6.07 Å². The summed E-state index contributed by atoms with van der Waals surface area (Å²) in [7, 11) is 0. The first kappa shape index (κ1) is 18.6. The van der Waals surface area contributed by atoms with Crippen LogP contribution in [-0.2, 0) is 6.18 Å². The first-order valence-corrected chi connectivity index (χ1v) is 8.82. The van der Waals surface area contributed by atoms with Crippen LogP contribution in [-0.4, -0.2) is 10.6 Å². The Balaban J connectivity index is 1.47. The number of amides is 2. The number of urea groups is 1. The molecule has 0 fully saturated rings. The molecular weight excluding hydrogens is 379 g/mol. The van der Waals surface area contributed by atoms with Gasteiger partial charge in [0, 0.05) is 28.6 Å². The highest BCUT2D eigenvalue weighted by molar-refractivity contribution is 6.01. The highest BCUT2D eigenvalue weighted by Crippen LogP contribution is 2.30. The molecular formula is C22H16F3N3O. The van der Waals surface area contributed by atoms with Crippen molar-refractivity contribution in [1.82, 2.24) is 4.57 Å². The van der Waals surface area contributed by atoms with E-state index in [-0.39, 0.29) is 5.69 Å². The van der Waals surface area contributed by atoms with Crippen molar-refractivity contribution in [3.05, 3.63) is 90.6 Å². The maximum Gasteiger partial charge on any atom is 0.416 e. The zero-order valence-electron chi connectivity index (χ0n) is 15.1. The molecule has 0 aliphatic rings. The molecule has 0 radical (unpaired) electrons. The fraction of sp³-hybridized carbons (Fsp3) is 0.0455. The summed E-state index contributed by atoms with van der Waals surface area (Å²) in [5, 5.41) is 6.17. The number of benzene rings is 3. The van der Waals surface area contributed by atoms with E-state index in [9.17, 15) is 18.0 Å². The van der Waals surface area contributed by atoms with Crippen LogP contribution in [0.3, 0.4) is 0 Å². The van der Waals surface area contributed by atoms with Gasteiger partial charge in [0.2, 0.25) is 0 Å². The smallest absolute Gasteiger partial charge is 0.317 e. The third-order valence-electron chi connectivity index (χ3n) is 4.45. The van der Waals surface area contributed by atoms with Gasteiger partial charge in [-0.2, -0.15) is 13.2 Å². The fourth-order valence-corrected chi connectivity index (χ4v) is 3.07. The van der Waals surface area contributed by atoms with E-state index in [4.69, 9.17) is 0 Å². The number of halogens is 3. The Morgan fingerprint density at radius 3 is 2.14 bits per heavy atom. The Kier molecular flexibility index (Phi) is 4.72. The molecule has 29 heavy (non-hydrogen) atoms. The quantitative estimate of drug-likeness (QED) is 0.421. The van der Waals surface area contributed by atoms with Crippen LogP contribution in [0.25, 0.3) is 16.6 Å². The van der Waals surface area contributed by atoms with Crippen LogP contribution in [0.1, 0.15) is 5.56 Å². The number of para-hydroxylation sites is 1. The molecule has 0 saturated carbocycles. The van der Waals surface area contributed by atoms with Crippen LogP contribution in [0.4, 0.5) is 29.3 Å². The molecule has 0 aliphatic carbocycles. The molecule has 0 saturated heterocycles. The minimum absolute atomic E-state index is 0.270. The normalized spacial score (nSPS) is 11.4. The summed E-state index contributed by atoms with van der Waals surface area (Å²) in [5.74, 6) is 0. The molecule has 4 aromatic rings. The lowest BCUT2D eigenvalue weighted by molar-refractivity contribution is -0.137. The second-order valence-electron chi connectivity index (χ2n) is 6.45. The molecule has 4 rings (SSSR count). The van der Waals surface area contributed by atoms with E-state index < -0.39 is 17.8 Å². The molecule has 1 heterocycles. The topological polar surface area (TPSA) is 46.1 Å². The van der Waals surface area contributed by atoms with Crippen molar-refractivity contribution in [1.29, 1.82) is 0 Å². The van der Waals surface area contributed by atoms with Crippen molar-refractivity contribution in [2.75, 3.05) is 10.6 Å². The SMILES string of the molecule is O=C(Nc1ccc(C(F)(F)F)cc1)Nc1ccc2c(ccn2-c2ccccc2)c1. The van der Waals surface area contributed by atoms with E-state index in [1.807, 2.05) is 59.3 Å². The molecule has 2 amide bonds. The number of hydrogen-bond donors (Lipinski definition) is 2. The Morgan fingerprint density at radius 1 is 0.793 bits per heavy atom. The summed E-state index contributed by atoms with van der Waals surface area (Å²) in [6.07, 6.45) is -2.46. The molecule has 0 bridgehead atoms. The van der Waals surface area contributed by atoms with Crippen LogP contribution in [0.2, 0.25) is 0 Å². The zero-order chi connectivity index (χ0) is 20.4. The van der Waals surface area contributed by atoms with Crippen molar-refractivity contribution in [2.24, 2.45) is 0 Å². The number of anilines is 2. The molecule has 4 nitrogen and oxygen atoms in total. The third-order valence-corrected chi connectivity index (χ3v) is 4.45. The van der Waals surface area contributed by atoms with Crippen LogP contribution in [0.5, 0.6) is 0 Å². The van der Waals surface area contributed by atoms with Gasteiger partial charge in [0.1, 0.15) is 0 Å². The lowest BCUT2D eigenvalue weighted by Crippen LogP contribution is -2.19. The molecule has 0 atom stereocenters. The van der Waals surface area contributed by atoms with Gasteiger partial charge in [-0.05, 0) is 60.7 Å². The Hall–Kier alpha value is -3.74. The zero-order valence-corrected chi connectivity index (χ0v) is 15.1. The van der Waals surface area contributed by atoms with E-state index in [1.165, 1.54) is 12.1 Å². The van der Waals surface area contributed by atoms with Gasteiger partial charge >= 0.3 is 12.2 Å². The summed E-state index contributed by atoms with van der Waals surface area (Å²) in [6.45, 7) is 0. The molecule has 0 spiro atoms. The summed E-state index contributed by atoms with van der Waals surface area (Å²) < 4.78 is 39.9. The van der Waals surface area contributed by atoms with Gasteiger partial charge in [0.15, 0.2) is 0 Å². The van der Waals surface area contributed by atoms with Crippen molar-refractivity contribution >= 4 is 28.3 Å². The number of nitrogens with zero attached hydrogens (tertiary/aromatic N) is 1. The van der Waals surface area contributed by atoms with E-state index in [2.05, 4.69) is 10.6 Å². The number of aromatic nitrogens is 1. The van der Waals surface area contributed by atoms with Crippen LogP contribution in [0.15, 0.2) is 85.1 Å². The van der Waals surface area contributed by atoms with Crippen molar-refractivity contribution < 1.29 is 18.0 Å². The molecule has 2 N–H and O–H groups in total. The molecule has 146 valence electrons. The fourth-order valence-electron chi connectivity index (χ4n) is 3.07. The minimum atomic E-state index is -4.41. The Bertz CT molecular complexity index is 1150. The highest BCUT2D eigenvalue weighted by Gasteiger charge is 2.29. The average Bonchev–Trinajstić information content (AvgIpc) is 3.11. The molecule has 0 unspecified atom stereocenters.